The van der Waals surface area contributed by atoms with Crippen LogP contribution in [0.5, 0.6) is 0 Å². The summed E-state index contributed by atoms with van der Waals surface area (Å²) in [6.45, 7) is 1.25. The Bertz CT molecular complexity index is 616. The Balaban J connectivity index is 1.76. The van der Waals surface area contributed by atoms with E-state index in [0.29, 0.717) is 13.1 Å². The van der Waals surface area contributed by atoms with E-state index in [1.807, 2.05) is 48.2 Å². The first-order valence-corrected chi connectivity index (χ1v) is 6.64. The van der Waals surface area contributed by atoms with Gasteiger partial charge in [0.1, 0.15) is 5.76 Å². The first kappa shape index (κ1) is 12.7. The van der Waals surface area contributed by atoms with E-state index in [2.05, 4.69) is 5.16 Å². The van der Waals surface area contributed by atoms with Crippen molar-refractivity contribution < 1.29 is 9.32 Å². The molecule has 0 saturated heterocycles. The maximum absolute atomic E-state index is 12.5. The third-order valence-electron chi connectivity index (χ3n) is 3.62. The van der Waals surface area contributed by atoms with E-state index >= 15 is 0 Å². The highest BCUT2D eigenvalue weighted by Crippen LogP contribution is 2.21. The number of rotatable bonds is 2. The summed E-state index contributed by atoms with van der Waals surface area (Å²) in [5.74, 6) is 0.958. The molecule has 104 valence electrons. The minimum absolute atomic E-state index is 0.0576. The molecule has 2 aromatic rings. The summed E-state index contributed by atoms with van der Waals surface area (Å²) in [7, 11) is 3.96. The molecule has 0 fully saturated rings. The average Bonchev–Trinajstić information content (AvgIpc) is 2.94. The van der Waals surface area contributed by atoms with Crippen LogP contribution in [-0.2, 0) is 13.0 Å². The van der Waals surface area contributed by atoms with E-state index in [9.17, 15) is 4.79 Å². The second-order valence-electron chi connectivity index (χ2n) is 5.19. The van der Waals surface area contributed by atoms with Crippen molar-refractivity contribution in [3.8, 4) is 0 Å². The number of hydrogen-bond donors (Lipinski definition) is 0. The Morgan fingerprint density at radius 1 is 1.30 bits per heavy atom. The number of carbonyl (C=O) groups excluding carboxylic acids is 1. The summed E-state index contributed by atoms with van der Waals surface area (Å²) in [4.78, 5) is 16.3. The number of aromatic nitrogens is 1. The number of benzene rings is 1. The Hall–Kier alpha value is -2.30. The fraction of sp³-hybridized carbons (Fsp3) is 0.333. The van der Waals surface area contributed by atoms with Gasteiger partial charge in [0.15, 0.2) is 0 Å². The minimum Gasteiger partial charge on any atom is -0.378 e. The fourth-order valence-corrected chi connectivity index (χ4v) is 2.40. The highest BCUT2D eigenvalue weighted by atomic mass is 16.5. The maximum atomic E-state index is 12.5. The van der Waals surface area contributed by atoms with Crippen molar-refractivity contribution in [3.63, 3.8) is 0 Å². The number of hydrogen-bond acceptors (Lipinski definition) is 4. The molecule has 3 rings (SSSR count). The van der Waals surface area contributed by atoms with Gasteiger partial charge in [-0.25, -0.2) is 0 Å². The van der Waals surface area contributed by atoms with Crippen LogP contribution in [-0.4, -0.2) is 36.6 Å². The van der Waals surface area contributed by atoms with E-state index in [-0.39, 0.29) is 5.91 Å². The quantitative estimate of drug-likeness (QED) is 0.837. The molecule has 0 saturated carbocycles. The highest BCUT2D eigenvalue weighted by Gasteiger charge is 2.24. The molecule has 0 N–H and O–H groups in total. The molecular weight excluding hydrogens is 254 g/mol. The number of nitrogens with zero attached hydrogens (tertiary/aromatic N) is 3. The highest BCUT2D eigenvalue weighted by molar-refractivity contribution is 5.94. The minimum atomic E-state index is 0.0576. The Labute approximate surface area is 117 Å². The standard InChI is InChI=1S/C15H17N3O2/c1-17(2)13-5-3-11(4-6-13)15(19)18-8-7-14-12(10-18)9-16-20-14/h3-6,9H,7-8,10H2,1-2H3. The summed E-state index contributed by atoms with van der Waals surface area (Å²) >= 11 is 0. The van der Waals surface area contributed by atoms with Gasteiger partial charge in [0.2, 0.25) is 0 Å². The van der Waals surface area contributed by atoms with Crippen LogP contribution in [0.1, 0.15) is 21.7 Å². The lowest BCUT2D eigenvalue weighted by Gasteiger charge is -2.26. The normalized spacial score (nSPS) is 14.0. The van der Waals surface area contributed by atoms with Gasteiger partial charge in [-0.1, -0.05) is 5.16 Å². The Morgan fingerprint density at radius 2 is 2.05 bits per heavy atom. The topological polar surface area (TPSA) is 49.6 Å². The summed E-state index contributed by atoms with van der Waals surface area (Å²) in [5, 5.41) is 3.78. The van der Waals surface area contributed by atoms with E-state index < -0.39 is 0 Å². The second-order valence-corrected chi connectivity index (χ2v) is 5.19. The molecule has 0 bridgehead atoms. The van der Waals surface area contributed by atoms with Gasteiger partial charge < -0.3 is 14.3 Å². The van der Waals surface area contributed by atoms with Gasteiger partial charge in [-0.15, -0.1) is 0 Å². The zero-order valence-electron chi connectivity index (χ0n) is 11.7. The number of anilines is 1. The number of fused-ring (bicyclic) bond motifs is 1. The first-order chi connectivity index (χ1) is 9.65. The Morgan fingerprint density at radius 3 is 2.75 bits per heavy atom. The van der Waals surface area contributed by atoms with E-state index in [1.54, 1.807) is 6.20 Å². The zero-order chi connectivity index (χ0) is 14.1. The van der Waals surface area contributed by atoms with Crippen LogP contribution in [0.25, 0.3) is 0 Å². The van der Waals surface area contributed by atoms with Gasteiger partial charge in [0.25, 0.3) is 5.91 Å². The largest absolute Gasteiger partial charge is 0.378 e. The summed E-state index contributed by atoms with van der Waals surface area (Å²) in [6, 6.07) is 7.67. The van der Waals surface area contributed by atoms with Crippen LogP contribution < -0.4 is 4.90 Å². The van der Waals surface area contributed by atoms with Crippen LogP contribution in [0.3, 0.4) is 0 Å². The van der Waals surface area contributed by atoms with Gasteiger partial charge >= 0.3 is 0 Å². The van der Waals surface area contributed by atoms with Crippen LogP contribution >= 0.6 is 0 Å². The Kier molecular flexibility index (Phi) is 3.18. The molecule has 1 aromatic heterocycles. The molecule has 0 radical (unpaired) electrons. The van der Waals surface area contributed by atoms with Crippen LogP contribution in [0, 0.1) is 0 Å². The average molecular weight is 271 g/mol. The van der Waals surface area contributed by atoms with Crippen molar-refractivity contribution in [2.75, 3.05) is 25.5 Å². The SMILES string of the molecule is CN(C)c1ccc(C(=O)N2CCc3oncc3C2)cc1. The van der Waals surface area contributed by atoms with Crippen molar-refractivity contribution >= 4 is 11.6 Å². The molecule has 1 aliphatic heterocycles. The molecule has 20 heavy (non-hydrogen) atoms. The molecule has 0 atom stereocenters. The van der Waals surface area contributed by atoms with Crippen LogP contribution in [0.2, 0.25) is 0 Å². The molecule has 2 heterocycles. The van der Waals surface area contributed by atoms with Crippen LogP contribution in [0.4, 0.5) is 5.69 Å². The van der Waals surface area contributed by atoms with Gasteiger partial charge in [-0.2, -0.15) is 0 Å². The van der Waals surface area contributed by atoms with Crippen molar-refractivity contribution in [1.29, 1.82) is 0 Å². The monoisotopic (exact) mass is 271 g/mol. The van der Waals surface area contributed by atoms with Crippen molar-refractivity contribution in [1.82, 2.24) is 10.1 Å². The molecular formula is C15H17N3O2. The molecule has 0 spiro atoms. The number of carbonyl (C=O) groups is 1. The van der Waals surface area contributed by atoms with Crippen molar-refractivity contribution in [3.05, 3.63) is 47.3 Å². The lowest BCUT2D eigenvalue weighted by atomic mass is 10.1. The van der Waals surface area contributed by atoms with Crippen molar-refractivity contribution in [2.24, 2.45) is 0 Å². The molecule has 5 heteroatoms. The van der Waals surface area contributed by atoms with E-state index in [1.165, 1.54) is 0 Å². The predicted molar refractivity (Wildman–Crippen MR) is 75.7 cm³/mol. The van der Waals surface area contributed by atoms with E-state index in [0.717, 1.165) is 29.0 Å². The summed E-state index contributed by atoms with van der Waals surface area (Å²) in [6.07, 6.45) is 2.43. The third-order valence-corrected chi connectivity index (χ3v) is 3.62. The fourth-order valence-electron chi connectivity index (χ4n) is 2.40. The lowest BCUT2D eigenvalue weighted by molar-refractivity contribution is 0.0729. The molecule has 1 aliphatic rings. The maximum Gasteiger partial charge on any atom is 0.254 e. The van der Waals surface area contributed by atoms with E-state index in [4.69, 9.17) is 4.52 Å². The molecule has 0 aliphatic carbocycles. The predicted octanol–water partition coefficient (Wildman–Crippen LogP) is 1.94. The molecule has 1 amide bonds. The zero-order valence-corrected chi connectivity index (χ0v) is 11.7. The van der Waals surface area contributed by atoms with Crippen molar-refractivity contribution in [2.45, 2.75) is 13.0 Å². The van der Waals surface area contributed by atoms with Gasteiger partial charge in [0.05, 0.1) is 12.7 Å². The first-order valence-electron chi connectivity index (χ1n) is 6.64. The van der Waals surface area contributed by atoms with Gasteiger partial charge in [-0.3, -0.25) is 4.79 Å². The van der Waals surface area contributed by atoms with Gasteiger partial charge in [-0.05, 0) is 24.3 Å². The summed E-state index contributed by atoms with van der Waals surface area (Å²) < 4.78 is 5.14. The molecule has 0 unspecified atom stereocenters. The van der Waals surface area contributed by atoms with Crippen LogP contribution in [0.15, 0.2) is 35.0 Å². The summed E-state index contributed by atoms with van der Waals surface area (Å²) in [5.41, 5.74) is 2.81. The number of amides is 1. The lowest BCUT2D eigenvalue weighted by Crippen LogP contribution is -2.35. The smallest absolute Gasteiger partial charge is 0.254 e. The second kappa shape index (κ2) is 5.00. The third kappa shape index (κ3) is 2.27. The van der Waals surface area contributed by atoms with Gasteiger partial charge in [0, 0.05) is 43.9 Å². The molecule has 5 nitrogen and oxygen atoms in total. The molecule has 1 aromatic carbocycles.